The Kier molecular flexibility index (Phi) is 5.28. The van der Waals surface area contributed by atoms with Gasteiger partial charge in [-0.05, 0) is 36.0 Å². The van der Waals surface area contributed by atoms with Crippen LogP contribution >= 0.6 is 11.5 Å². The molecule has 0 spiro atoms. The van der Waals surface area contributed by atoms with Crippen LogP contribution in [-0.4, -0.2) is 22.5 Å². The lowest BCUT2D eigenvalue weighted by Gasteiger charge is -2.12. The average molecular weight is 329 g/mol. The molecule has 23 heavy (non-hydrogen) atoms. The van der Waals surface area contributed by atoms with Crippen LogP contribution in [0.2, 0.25) is 0 Å². The monoisotopic (exact) mass is 329 g/mol. The maximum absolute atomic E-state index is 11.8. The van der Waals surface area contributed by atoms with Gasteiger partial charge in [-0.25, -0.2) is 4.79 Å². The Morgan fingerprint density at radius 1 is 1.57 bits per heavy atom. The van der Waals surface area contributed by atoms with Gasteiger partial charge in [-0.2, -0.15) is 14.9 Å². The molecular weight excluding hydrogens is 314 g/mol. The van der Waals surface area contributed by atoms with Crippen molar-refractivity contribution in [2.45, 2.75) is 13.5 Å². The third kappa shape index (κ3) is 3.84. The van der Waals surface area contributed by atoms with Crippen molar-refractivity contribution in [3.8, 4) is 18.1 Å². The van der Waals surface area contributed by atoms with E-state index in [0.29, 0.717) is 16.3 Å². The summed E-state index contributed by atoms with van der Waals surface area (Å²) in [5, 5.41) is 6.99. The molecule has 1 aromatic heterocycles. The molecule has 1 aromatic carbocycles. The van der Waals surface area contributed by atoms with Crippen molar-refractivity contribution < 1.29 is 9.53 Å². The molecule has 2 amide bonds. The Hall–Kier alpha value is -2.92. The molecule has 8 heteroatoms. The Balaban J connectivity index is 2.19. The SMILES string of the molecule is C#Cc1nsc(NC(=O)N(C)N=N)c1COc1ccccc1C. The summed E-state index contributed by atoms with van der Waals surface area (Å²) in [5.74, 6) is 3.21. The molecule has 0 bridgehead atoms. The van der Waals surface area contributed by atoms with Crippen molar-refractivity contribution in [2.75, 3.05) is 12.4 Å². The summed E-state index contributed by atoms with van der Waals surface area (Å²) >= 11 is 1.06. The Morgan fingerprint density at radius 2 is 2.30 bits per heavy atom. The van der Waals surface area contributed by atoms with E-state index in [-0.39, 0.29) is 6.61 Å². The number of terminal acetylenes is 1. The Labute approximate surface area is 137 Å². The number of para-hydroxylation sites is 1. The summed E-state index contributed by atoms with van der Waals surface area (Å²) in [6.07, 6.45) is 5.45. The second-order valence-corrected chi connectivity index (χ2v) is 5.36. The van der Waals surface area contributed by atoms with E-state index in [4.69, 9.17) is 16.7 Å². The van der Waals surface area contributed by atoms with E-state index in [1.54, 1.807) is 0 Å². The standard InChI is InChI=1S/C15H15N5O2S/c1-4-12-11(9-22-13-8-6-5-7-10(13)2)14(23-18-12)17-15(21)20(3)19-16/h1,5-8,16H,9H2,2-3H3,(H,17,21). The number of rotatable bonds is 5. The van der Waals surface area contributed by atoms with Gasteiger partial charge in [0.15, 0.2) is 0 Å². The zero-order chi connectivity index (χ0) is 16.8. The minimum atomic E-state index is -0.552. The van der Waals surface area contributed by atoms with Gasteiger partial charge in [0, 0.05) is 7.05 Å². The maximum Gasteiger partial charge on any atom is 0.344 e. The highest BCUT2D eigenvalue weighted by Gasteiger charge is 2.17. The molecule has 7 nitrogen and oxygen atoms in total. The molecule has 0 aliphatic carbocycles. The molecular formula is C15H15N5O2S. The van der Waals surface area contributed by atoms with Crippen LogP contribution in [0, 0.1) is 24.8 Å². The molecule has 2 rings (SSSR count). The first-order valence-corrected chi connectivity index (χ1v) is 7.39. The molecule has 1 heterocycles. The highest BCUT2D eigenvalue weighted by molar-refractivity contribution is 7.10. The van der Waals surface area contributed by atoms with E-state index < -0.39 is 6.03 Å². The Bertz CT molecular complexity index is 765. The maximum atomic E-state index is 11.8. The summed E-state index contributed by atoms with van der Waals surface area (Å²) in [5.41, 5.74) is 8.87. The molecule has 2 N–H and O–H groups in total. The number of anilines is 1. The van der Waals surface area contributed by atoms with Gasteiger partial charge < -0.3 is 4.74 Å². The van der Waals surface area contributed by atoms with Crippen LogP contribution < -0.4 is 10.1 Å². The normalized spacial score (nSPS) is 9.78. The molecule has 0 fully saturated rings. The lowest BCUT2D eigenvalue weighted by Crippen LogP contribution is -2.26. The van der Waals surface area contributed by atoms with Crippen LogP contribution in [0.4, 0.5) is 9.80 Å². The fourth-order valence-electron chi connectivity index (χ4n) is 1.75. The van der Waals surface area contributed by atoms with Crippen molar-refractivity contribution in [1.29, 1.82) is 5.53 Å². The average Bonchev–Trinajstić information content (AvgIpc) is 2.95. The number of urea groups is 1. The molecule has 2 aromatic rings. The van der Waals surface area contributed by atoms with Crippen LogP contribution in [0.3, 0.4) is 0 Å². The zero-order valence-electron chi connectivity index (χ0n) is 12.7. The highest BCUT2D eigenvalue weighted by Crippen LogP contribution is 2.27. The first kappa shape index (κ1) is 16.5. The summed E-state index contributed by atoms with van der Waals surface area (Å²) in [6, 6.07) is 7.05. The fourth-order valence-corrected chi connectivity index (χ4v) is 2.49. The summed E-state index contributed by atoms with van der Waals surface area (Å²) in [7, 11) is 1.37. The third-order valence-electron chi connectivity index (χ3n) is 3.05. The van der Waals surface area contributed by atoms with Crippen LogP contribution in [0.1, 0.15) is 16.8 Å². The third-order valence-corrected chi connectivity index (χ3v) is 3.86. The number of benzene rings is 1. The number of nitrogens with one attached hydrogen (secondary N) is 2. The van der Waals surface area contributed by atoms with Gasteiger partial charge in [-0.3, -0.25) is 5.32 Å². The number of ether oxygens (including phenoxy) is 1. The number of amides is 2. The lowest BCUT2D eigenvalue weighted by molar-refractivity contribution is 0.220. The summed E-state index contributed by atoms with van der Waals surface area (Å²) in [4.78, 5) is 11.8. The summed E-state index contributed by atoms with van der Waals surface area (Å²) < 4.78 is 9.90. The molecule has 0 atom stereocenters. The molecule has 118 valence electrons. The van der Waals surface area contributed by atoms with E-state index in [9.17, 15) is 4.79 Å². The van der Waals surface area contributed by atoms with Crippen molar-refractivity contribution in [3.63, 3.8) is 0 Å². The number of carbonyl (C=O) groups is 1. The minimum Gasteiger partial charge on any atom is -0.488 e. The fraction of sp³-hybridized carbons (Fsp3) is 0.200. The minimum absolute atomic E-state index is 0.179. The summed E-state index contributed by atoms with van der Waals surface area (Å²) in [6.45, 7) is 2.12. The van der Waals surface area contributed by atoms with Gasteiger partial charge in [-0.1, -0.05) is 23.4 Å². The van der Waals surface area contributed by atoms with E-state index in [1.807, 2.05) is 31.2 Å². The molecule has 0 aliphatic rings. The van der Waals surface area contributed by atoms with E-state index in [0.717, 1.165) is 27.9 Å². The second kappa shape index (κ2) is 7.38. The van der Waals surface area contributed by atoms with E-state index in [2.05, 4.69) is 20.8 Å². The van der Waals surface area contributed by atoms with Crippen LogP contribution in [0.5, 0.6) is 5.75 Å². The van der Waals surface area contributed by atoms with E-state index in [1.165, 1.54) is 7.05 Å². The second-order valence-electron chi connectivity index (χ2n) is 4.59. The van der Waals surface area contributed by atoms with Gasteiger partial charge in [0.25, 0.3) is 0 Å². The number of hydrogen-bond donors (Lipinski definition) is 2. The highest BCUT2D eigenvalue weighted by atomic mass is 32.1. The quantitative estimate of drug-likeness (QED) is 0.500. The number of carbonyl (C=O) groups excluding carboxylic acids is 1. The van der Waals surface area contributed by atoms with Crippen LogP contribution in [-0.2, 0) is 6.61 Å². The molecule has 0 saturated heterocycles. The molecule has 0 radical (unpaired) electrons. The number of aromatic nitrogens is 1. The number of hydrogen-bond acceptors (Lipinski definition) is 6. The topological polar surface area (TPSA) is 90.7 Å². The van der Waals surface area contributed by atoms with Gasteiger partial charge in [0.05, 0.1) is 5.56 Å². The molecule has 0 aliphatic heterocycles. The lowest BCUT2D eigenvalue weighted by atomic mass is 10.2. The zero-order valence-corrected chi connectivity index (χ0v) is 13.5. The first-order chi connectivity index (χ1) is 11.1. The van der Waals surface area contributed by atoms with Crippen molar-refractivity contribution in [1.82, 2.24) is 9.38 Å². The van der Waals surface area contributed by atoms with Crippen LogP contribution in [0.15, 0.2) is 29.5 Å². The number of nitrogens with zero attached hydrogens (tertiary/aromatic N) is 3. The van der Waals surface area contributed by atoms with Crippen LogP contribution in [0.25, 0.3) is 0 Å². The molecule has 0 saturated carbocycles. The first-order valence-electron chi connectivity index (χ1n) is 6.62. The van der Waals surface area contributed by atoms with Crippen molar-refractivity contribution >= 4 is 22.6 Å². The van der Waals surface area contributed by atoms with Crippen molar-refractivity contribution in [3.05, 3.63) is 41.1 Å². The molecule has 0 unspecified atom stereocenters. The number of aryl methyl sites for hydroxylation is 1. The Morgan fingerprint density at radius 3 is 2.96 bits per heavy atom. The van der Waals surface area contributed by atoms with E-state index >= 15 is 0 Å². The van der Waals surface area contributed by atoms with Gasteiger partial charge >= 0.3 is 6.03 Å². The van der Waals surface area contributed by atoms with Crippen molar-refractivity contribution in [2.24, 2.45) is 5.22 Å². The largest absolute Gasteiger partial charge is 0.488 e. The van der Waals surface area contributed by atoms with Gasteiger partial charge in [0.1, 0.15) is 23.1 Å². The van der Waals surface area contributed by atoms with Gasteiger partial charge in [0.2, 0.25) is 0 Å². The smallest absolute Gasteiger partial charge is 0.344 e. The van der Waals surface area contributed by atoms with Gasteiger partial charge in [-0.15, -0.1) is 6.42 Å². The predicted octanol–water partition coefficient (Wildman–Crippen LogP) is 3.42. The predicted molar refractivity (Wildman–Crippen MR) is 87.5 cm³/mol.